The van der Waals surface area contributed by atoms with Crippen molar-refractivity contribution in [3.63, 3.8) is 0 Å². The summed E-state index contributed by atoms with van der Waals surface area (Å²) in [5, 5.41) is 3.43. The van der Waals surface area contributed by atoms with E-state index >= 15 is 0 Å². The Morgan fingerprint density at radius 3 is 2.68 bits per heavy atom. The van der Waals surface area contributed by atoms with Gasteiger partial charge in [-0.15, -0.1) is 11.3 Å². The number of halogens is 1. The second-order valence-electron chi connectivity index (χ2n) is 7.72. The number of fused-ring (bicyclic) bond motifs is 3. The Labute approximate surface area is 190 Å². The normalized spacial score (nSPS) is 12.4. The number of amides is 2. The maximum Gasteiger partial charge on any atom is 0.268 e. The third kappa shape index (κ3) is 4.31. The minimum absolute atomic E-state index is 0.0554. The van der Waals surface area contributed by atoms with E-state index in [-0.39, 0.29) is 17.9 Å². The van der Waals surface area contributed by atoms with E-state index in [1.165, 1.54) is 11.3 Å². The number of para-hydroxylation sites is 1. The first-order chi connectivity index (χ1) is 14.8. The lowest BCUT2D eigenvalue weighted by atomic mass is 10.0. The van der Waals surface area contributed by atoms with Crippen LogP contribution in [0.5, 0.6) is 5.75 Å². The van der Waals surface area contributed by atoms with Crippen LogP contribution >= 0.6 is 22.9 Å². The molecule has 4 rings (SSSR count). The molecule has 5 nitrogen and oxygen atoms in total. The lowest BCUT2D eigenvalue weighted by Gasteiger charge is -2.17. The molecule has 0 atom stereocenters. The molecule has 2 heterocycles. The summed E-state index contributed by atoms with van der Waals surface area (Å²) in [5.41, 5.74) is 3.20. The molecule has 0 aliphatic carbocycles. The number of carbonyl (C=O) groups excluding carboxylic acids is 2. The smallest absolute Gasteiger partial charge is 0.268 e. The molecule has 0 bridgehead atoms. The zero-order chi connectivity index (χ0) is 22.1. The minimum Gasteiger partial charge on any atom is -0.493 e. The summed E-state index contributed by atoms with van der Waals surface area (Å²) in [7, 11) is 1.73. The van der Waals surface area contributed by atoms with Gasteiger partial charge in [-0.3, -0.25) is 9.59 Å². The van der Waals surface area contributed by atoms with Gasteiger partial charge in [0.05, 0.1) is 22.2 Å². The Bertz CT molecular complexity index is 1160. The number of hydrogen-bond acceptors (Lipinski definition) is 4. The highest BCUT2D eigenvalue weighted by molar-refractivity contribution is 7.17. The molecule has 1 N–H and O–H groups in total. The fourth-order valence-electron chi connectivity index (χ4n) is 3.53. The van der Waals surface area contributed by atoms with Crippen LogP contribution in [0.25, 0.3) is 10.4 Å². The molecule has 2 aromatic carbocycles. The van der Waals surface area contributed by atoms with E-state index in [0.717, 1.165) is 16.0 Å². The first-order valence-electron chi connectivity index (χ1n) is 10.1. The van der Waals surface area contributed by atoms with E-state index in [1.807, 2.05) is 44.2 Å². The maximum absolute atomic E-state index is 13.2. The van der Waals surface area contributed by atoms with Crippen LogP contribution in [0.2, 0.25) is 5.02 Å². The van der Waals surface area contributed by atoms with Crippen LogP contribution in [0.3, 0.4) is 0 Å². The molecule has 0 spiro atoms. The summed E-state index contributed by atoms with van der Waals surface area (Å²) in [6.07, 6.45) is 0.692. The Hall–Kier alpha value is -2.83. The van der Waals surface area contributed by atoms with Gasteiger partial charge in [-0.2, -0.15) is 0 Å². The minimum atomic E-state index is -0.130. The highest BCUT2D eigenvalue weighted by atomic mass is 35.5. The lowest BCUT2D eigenvalue weighted by molar-refractivity contribution is 0.0941. The molecule has 1 aliphatic heterocycles. The first kappa shape index (κ1) is 21.4. The van der Waals surface area contributed by atoms with E-state index in [2.05, 4.69) is 5.32 Å². The van der Waals surface area contributed by atoms with Crippen molar-refractivity contribution >= 4 is 40.4 Å². The topological polar surface area (TPSA) is 58.6 Å². The Balaban J connectivity index is 1.67. The molecule has 0 radical (unpaired) electrons. The molecule has 1 aromatic heterocycles. The summed E-state index contributed by atoms with van der Waals surface area (Å²) in [4.78, 5) is 28.7. The van der Waals surface area contributed by atoms with E-state index in [4.69, 9.17) is 16.3 Å². The highest BCUT2D eigenvalue weighted by Gasteiger charge is 2.24. The van der Waals surface area contributed by atoms with Crippen molar-refractivity contribution in [2.24, 2.45) is 0 Å². The molecule has 0 saturated carbocycles. The van der Waals surface area contributed by atoms with Crippen LogP contribution in [-0.2, 0) is 6.42 Å². The summed E-state index contributed by atoms with van der Waals surface area (Å²) >= 11 is 7.71. The van der Waals surface area contributed by atoms with Gasteiger partial charge in [0.1, 0.15) is 5.75 Å². The van der Waals surface area contributed by atoms with Crippen molar-refractivity contribution in [2.45, 2.75) is 26.3 Å². The molecule has 160 valence electrons. The number of nitrogens with one attached hydrogen (secondary N) is 1. The third-order valence-electron chi connectivity index (χ3n) is 5.08. The Morgan fingerprint density at radius 2 is 1.94 bits per heavy atom. The van der Waals surface area contributed by atoms with Gasteiger partial charge in [-0.05, 0) is 55.8 Å². The molecule has 7 heteroatoms. The van der Waals surface area contributed by atoms with Gasteiger partial charge in [-0.1, -0.05) is 23.7 Å². The van der Waals surface area contributed by atoms with Crippen molar-refractivity contribution in [3.05, 3.63) is 69.6 Å². The standard InChI is InChI=1S/C24H23ClN2O3S/c1-14(2)26-23(28)16-8-9-17-20(12-16)30-11-10-15-13-21(31-22(15)17)24(29)27(3)19-7-5-4-6-18(19)25/h4-9,12-14H,10-11H2,1-3H3,(H,26,28). The van der Waals surface area contributed by atoms with Crippen molar-refractivity contribution < 1.29 is 14.3 Å². The zero-order valence-corrected chi connectivity index (χ0v) is 19.1. The monoisotopic (exact) mass is 454 g/mol. The molecule has 0 fully saturated rings. The quantitative estimate of drug-likeness (QED) is 0.572. The number of carbonyl (C=O) groups is 2. The van der Waals surface area contributed by atoms with Crippen LogP contribution in [0.4, 0.5) is 5.69 Å². The van der Waals surface area contributed by atoms with Crippen molar-refractivity contribution in [2.75, 3.05) is 18.6 Å². The van der Waals surface area contributed by atoms with Gasteiger partial charge < -0.3 is 15.0 Å². The predicted molar refractivity (Wildman–Crippen MR) is 126 cm³/mol. The highest BCUT2D eigenvalue weighted by Crippen LogP contribution is 2.41. The SMILES string of the molecule is CC(C)NC(=O)c1ccc2c(c1)OCCc1cc(C(=O)N(C)c3ccccc3Cl)sc1-2. The molecule has 3 aromatic rings. The lowest BCUT2D eigenvalue weighted by Crippen LogP contribution is -2.30. The summed E-state index contributed by atoms with van der Waals surface area (Å²) < 4.78 is 5.93. The average Bonchev–Trinajstić information content (AvgIpc) is 3.09. The fourth-order valence-corrected chi connectivity index (χ4v) is 5.01. The van der Waals surface area contributed by atoms with Crippen molar-refractivity contribution in [3.8, 4) is 16.2 Å². The molecular weight excluding hydrogens is 432 g/mol. The summed E-state index contributed by atoms with van der Waals surface area (Å²) in [6, 6.07) is 14.8. The number of benzene rings is 2. The molecule has 31 heavy (non-hydrogen) atoms. The number of anilines is 1. The fraction of sp³-hybridized carbons (Fsp3) is 0.250. The number of thiophene rings is 1. The second-order valence-corrected chi connectivity index (χ2v) is 9.18. The summed E-state index contributed by atoms with van der Waals surface area (Å²) in [5.74, 6) is 0.423. The van der Waals surface area contributed by atoms with Gasteiger partial charge in [0.25, 0.3) is 11.8 Å². The number of ether oxygens (including phenoxy) is 1. The van der Waals surface area contributed by atoms with Crippen LogP contribution < -0.4 is 15.0 Å². The van der Waals surface area contributed by atoms with Gasteiger partial charge in [0.2, 0.25) is 0 Å². The van der Waals surface area contributed by atoms with Crippen LogP contribution in [0, 0.1) is 0 Å². The summed E-state index contributed by atoms with van der Waals surface area (Å²) in [6.45, 7) is 4.34. The number of nitrogens with zero attached hydrogens (tertiary/aromatic N) is 1. The molecular formula is C24H23ClN2O3S. The van der Waals surface area contributed by atoms with E-state index in [9.17, 15) is 9.59 Å². The van der Waals surface area contributed by atoms with E-state index in [1.54, 1.807) is 30.1 Å². The number of rotatable bonds is 4. The van der Waals surface area contributed by atoms with Crippen LogP contribution in [0.1, 0.15) is 39.4 Å². The van der Waals surface area contributed by atoms with Gasteiger partial charge in [0.15, 0.2) is 0 Å². The zero-order valence-electron chi connectivity index (χ0n) is 17.6. The van der Waals surface area contributed by atoms with Crippen molar-refractivity contribution in [1.82, 2.24) is 5.32 Å². The first-order valence-corrected chi connectivity index (χ1v) is 11.3. The van der Waals surface area contributed by atoms with Crippen LogP contribution in [0.15, 0.2) is 48.5 Å². The molecule has 0 unspecified atom stereocenters. The van der Waals surface area contributed by atoms with Crippen LogP contribution in [-0.4, -0.2) is 31.5 Å². The third-order valence-corrected chi connectivity index (χ3v) is 6.59. The molecule has 1 aliphatic rings. The van der Waals surface area contributed by atoms with Gasteiger partial charge in [0, 0.05) is 35.5 Å². The maximum atomic E-state index is 13.2. The second kappa shape index (κ2) is 8.73. The Kier molecular flexibility index (Phi) is 6.03. The van der Waals surface area contributed by atoms with E-state index < -0.39 is 0 Å². The molecule has 2 amide bonds. The largest absolute Gasteiger partial charge is 0.493 e. The van der Waals surface area contributed by atoms with Gasteiger partial charge in [-0.25, -0.2) is 0 Å². The Morgan fingerprint density at radius 1 is 1.16 bits per heavy atom. The van der Waals surface area contributed by atoms with Gasteiger partial charge >= 0.3 is 0 Å². The van der Waals surface area contributed by atoms with E-state index in [0.29, 0.717) is 39.9 Å². The number of hydrogen-bond donors (Lipinski definition) is 1. The predicted octanol–water partition coefficient (Wildman–Crippen LogP) is 5.42. The average molecular weight is 455 g/mol. The van der Waals surface area contributed by atoms with Crippen molar-refractivity contribution in [1.29, 1.82) is 0 Å². The molecule has 0 saturated heterocycles.